The van der Waals surface area contributed by atoms with Crippen molar-refractivity contribution in [3.8, 4) is 16.3 Å². The predicted octanol–water partition coefficient (Wildman–Crippen LogP) is 4.89. The van der Waals surface area contributed by atoms with Crippen LogP contribution in [0.2, 0.25) is 0 Å². The Morgan fingerprint density at radius 3 is 2.43 bits per heavy atom. The molecule has 0 saturated carbocycles. The summed E-state index contributed by atoms with van der Waals surface area (Å²) in [5, 5.41) is 17.6. The molecule has 0 aliphatic carbocycles. The fourth-order valence-electron chi connectivity index (χ4n) is 3.42. The number of aromatic nitrogens is 2. The van der Waals surface area contributed by atoms with E-state index in [-0.39, 0.29) is 5.91 Å². The smallest absolute Gasteiger partial charge is 0.319 e. The number of carbonyl (C=O) groups excluding carboxylic acids is 2. The van der Waals surface area contributed by atoms with Crippen LogP contribution in [0.5, 0.6) is 5.75 Å². The molecule has 178 valence electrons. The first-order valence-electron chi connectivity index (χ1n) is 11.0. The van der Waals surface area contributed by atoms with Gasteiger partial charge in [-0.05, 0) is 54.4 Å². The summed E-state index contributed by atoms with van der Waals surface area (Å²) in [5.41, 5.74) is 3.44. The zero-order chi connectivity index (χ0) is 24.6. The number of rotatable bonds is 8. The van der Waals surface area contributed by atoms with Gasteiger partial charge in [-0.15, -0.1) is 10.2 Å². The molecule has 0 spiro atoms. The molecule has 0 bridgehead atoms. The summed E-state index contributed by atoms with van der Waals surface area (Å²) in [7, 11) is 1.61. The van der Waals surface area contributed by atoms with E-state index in [0.29, 0.717) is 22.2 Å². The van der Waals surface area contributed by atoms with Crippen molar-refractivity contribution in [2.45, 2.75) is 19.4 Å². The number of hydrogen-bond acceptors (Lipinski definition) is 6. The highest BCUT2D eigenvalue weighted by Gasteiger charge is 2.23. The highest BCUT2D eigenvalue weighted by molar-refractivity contribution is 7.18. The van der Waals surface area contributed by atoms with Gasteiger partial charge < -0.3 is 15.4 Å². The molecule has 0 fully saturated rings. The van der Waals surface area contributed by atoms with E-state index in [0.717, 1.165) is 22.4 Å². The van der Waals surface area contributed by atoms with E-state index in [1.165, 1.54) is 11.3 Å². The van der Waals surface area contributed by atoms with Gasteiger partial charge in [0.1, 0.15) is 16.8 Å². The van der Waals surface area contributed by atoms with Crippen molar-refractivity contribution in [2.24, 2.45) is 0 Å². The number of benzene rings is 3. The quantitative estimate of drug-likeness (QED) is 0.328. The number of nitrogens with zero attached hydrogens (tertiary/aromatic N) is 2. The summed E-state index contributed by atoms with van der Waals surface area (Å²) >= 11 is 1.25. The van der Waals surface area contributed by atoms with Crippen LogP contribution in [0.1, 0.15) is 11.1 Å². The standard InChI is InChI=1S/C26H25N5O3S/c1-17-7-6-10-20(15-17)27-25(33)28-22(16-18-8-4-3-5-9-18)23(32)29-26-31-30-24(35-26)19-11-13-21(34-2)14-12-19/h3-15,22H,16H2,1-2H3,(H2,27,28,33)(H,29,31,32). The van der Waals surface area contributed by atoms with E-state index in [4.69, 9.17) is 4.74 Å². The minimum Gasteiger partial charge on any atom is -0.497 e. The molecule has 0 saturated heterocycles. The van der Waals surface area contributed by atoms with Crippen molar-refractivity contribution in [2.75, 3.05) is 17.7 Å². The molecule has 0 radical (unpaired) electrons. The lowest BCUT2D eigenvalue weighted by Gasteiger charge is -2.18. The third-order valence-electron chi connectivity index (χ3n) is 5.17. The molecule has 1 aromatic heterocycles. The third-order valence-corrected chi connectivity index (χ3v) is 6.06. The zero-order valence-corrected chi connectivity index (χ0v) is 20.1. The largest absolute Gasteiger partial charge is 0.497 e. The molecule has 3 aromatic carbocycles. The average Bonchev–Trinajstić information content (AvgIpc) is 3.32. The first-order valence-corrected chi connectivity index (χ1v) is 11.8. The number of nitrogens with one attached hydrogen (secondary N) is 3. The average molecular weight is 488 g/mol. The van der Waals surface area contributed by atoms with Crippen molar-refractivity contribution in [1.29, 1.82) is 0 Å². The van der Waals surface area contributed by atoms with E-state index in [1.54, 1.807) is 13.2 Å². The number of hydrogen-bond donors (Lipinski definition) is 3. The van der Waals surface area contributed by atoms with Gasteiger partial charge in [-0.3, -0.25) is 10.1 Å². The summed E-state index contributed by atoms with van der Waals surface area (Å²) in [4.78, 5) is 25.8. The molecule has 3 N–H and O–H groups in total. The maximum absolute atomic E-state index is 13.2. The van der Waals surface area contributed by atoms with Gasteiger partial charge in [0.15, 0.2) is 0 Å². The Labute approximate surface area is 207 Å². The second kappa shape index (κ2) is 11.3. The fourth-order valence-corrected chi connectivity index (χ4v) is 4.18. The lowest BCUT2D eigenvalue weighted by Crippen LogP contribution is -2.46. The van der Waals surface area contributed by atoms with Crippen molar-refractivity contribution in [3.63, 3.8) is 0 Å². The van der Waals surface area contributed by atoms with Crippen LogP contribution >= 0.6 is 11.3 Å². The first-order chi connectivity index (χ1) is 17.0. The van der Waals surface area contributed by atoms with Crippen LogP contribution in [0, 0.1) is 6.92 Å². The van der Waals surface area contributed by atoms with E-state index in [1.807, 2.05) is 79.7 Å². The van der Waals surface area contributed by atoms with Crippen LogP contribution in [-0.4, -0.2) is 35.3 Å². The molecule has 9 heteroatoms. The van der Waals surface area contributed by atoms with Gasteiger partial charge in [0, 0.05) is 17.7 Å². The predicted molar refractivity (Wildman–Crippen MR) is 138 cm³/mol. The van der Waals surface area contributed by atoms with Crippen LogP contribution < -0.4 is 20.7 Å². The van der Waals surface area contributed by atoms with Gasteiger partial charge >= 0.3 is 6.03 Å². The number of carbonyl (C=O) groups is 2. The number of aryl methyl sites for hydroxylation is 1. The number of methoxy groups -OCH3 is 1. The van der Waals surface area contributed by atoms with Gasteiger partial charge in [0.2, 0.25) is 11.0 Å². The Balaban J connectivity index is 1.46. The van der Waals surface area contributed by atoms with E-state index < -0.39 is 12.1 Å². The van der Waals surface area contributed by atoms with Crippen molar-refractivity contribution < 1.29 is 14.3 Å². The molecular weight excluding hydrogens is 462 g/mol. The molecule has 0 aliphatic rings. The summed E-state index contributed by atoms with van der Waals surface area (Å²) in [6.07, 6.45) is 0.318. The van der Waals surface area contributed by atoms with Crippen molar-refractivity contribution in [3.05, 3.63) is 90.0 Å². The monoisotopic (exact) mass is 487 g/mol. The molecule has 8 nitrogen and oxygen atoms in total. The second-order valence-corrected chi connectivity index (χ2v) is 8.82. The van der Waals surface area contributed by atoms with Gasteiger partial charge in [-0.2, -0.15) is 0 Å². The molecule has 35 heavy (non-hydrogen) atoms. The van der Waals surface area contributed by atoms with Gasteiger partial charge in [0.05, 0.1) is 7.11 Å². The zero-order valence-electron chi connectivity index (χ0n) is 19.3. The molecule has 4 aromatic rings. The third kappa shape index (κ3) is 6.64. The van der Waals surface area contributed by atoms with E-state index >= 15 is 0 Å². The molecule has 4 rings (SSSR count). The van der Waals surface area contributed by atoms with Crippen LogP contribution in [-0.2, 0) is 11.2 Å². The Morgan fingerprint density at radius 1 is 0.943 bits per heavy atom. The Bertz CT molecular complexity index is 1290. The number of anilines is 2. The lowest BCUT2D eigenvalue weighted by molar-refractivity contribution is -0.117. The van der Waals surface area contributed by atoms with Gasteiger partial charge in [0.25, 0.3) is 0 Å². The normalized spacial score (nSPS) is 11.4. The highest BCUT2D eigenvalue weighted by atomic mass is 32.1. The number of urea groups is 1. The van der Waals surface area contributed by atoms with Crippen molar-refractivity contribution in [1.82, 2.24) is 15.5 Å². The number of ether oxygens (including phenoxy) is 1. The van der Waals surface area contributed by atoms with Crippen LogP contribution in [0.3, 0.4) is 0 Å². The molecular formula is C26H25N5O3S. The van der Waals surface area contributed by atoms with E-state index in [2.05, 4.69) is 26.1 Å². The topological polar surface area (TPSA) is 105 Å². The Hall–Kier alpha value is -4.24. The molecule has 1 atom stereocenters. The molecule has 3 amide bonds. The fraction of sp³-hybridized carbons (Fsp3) is 0.154. The Kier molecular flexibility index (Phi) is 7.69. The summed E-state index contributed by atoms with van der Waals surface area (Å²) in [6, 6.07) is 23.1. The first kappa shape index (κ1) is 23.9. The van der Waals surface area contributed by atoms with Crippen LogP contribution in [0.25, 0.3) is 10.6 Å². The molecule has 0 aliphatic heterocycles. The van der Waals surface area contributed by atoms with Gasteiger partial charge in [-0.25, -0.2) is 4.79 Å². The van der Waals surface area contributed by atoms with Gasteiger partial charge in [-0.1, -0.05) is 53.8 Å². The van der Waals surface area contributed by atoms with Crippen molar-refractivity contribution >= 4 is 34.1 Å². The van der Waals surface area contributed by atoms with E-state index in [9.17, 15) is 9.59 Å². The second-order valence-electron chi connectivity index (χ2n) is 7.84. The van der Waals surface area contributed by atoms with Crippen LogP contribution in [0.15, 0.2) is 78.9 Å². The SMILES string of the molecule is COc1ccc(-c2nnc(NC(=O)C(Cc3ccccc3)NC(=O)Nc3cccc(C)c3)s2)cc1. The lowest BCUT2D eigenvalue weighted by atomic mass is 10.1. The number of amides is 3. The van der Waals surface area contributed by atoms with Crippen LogP contribution in [0.4, 0.5) is 15.6 Å². The minimum absolute atomic E-state index is 0.318. The summed E-state index contributed by atoms with van der Waals surface area (Å²) in [6.45, 7) is 1.94. The summed E-state index contributed by atoms with van der Waals surface area (Å²) in [5.74, 6) is 0.358. The minimum atomic E-state index is -0.824. The summed E-state index contributed by atoms with van der Waals surface area (Å²) < 4.78 is 5.18. The highest BCUT2D eigenvalue weighted by Crippen LogP contribution is 2.28. The Morgan fingerprint density at radius 2 is 1.71 bits per heavy atom. The molecule has 1 heterocycles. The molecule has 1 unspecified atom stereocenters. The maximum Gasteiger partial charge on any atom is 0.319 e. The maximum atomic E-state index is 13.2.